The summed E-state index contributed by atoms with van der Waals surface area (Å²) in [5.41, 5.74) is 2.75. The highest BCUT2D eigenvalue weighted by atomic mass is 32.2. The van der Waals surface area contributed by atoms with Crippen LogP contribution in [0, 0.1) is 0 Å². The second kappa shape index (κ2) is 14.8. The minimum atomic E-state index is -0.226. The number of aryl methyl sites for hydroxylation is 1. The number of hydrogen-bond donors (Lipinski definition) is 1. The van der Waals surface area contributed by atoms with E-state index in [0.29, 0.717) is 24.4 Å². The monoisotopic (exact) mass is 554 g/mol. The molecule has 0 aliphatic rings. The molecule has 7 heteroatoms. The largest absolute Gasteiger partial charge is 0.497 e. The molecule has 0 aromatic heterocycles. The fourth-order valence-electron chi connectivity index (χ4n) is 4.11. The number of amides is 2. The van der Waals surface area contributed by atoms with Crippen LogP contribution < -0.4 is 19.7 Å². The van der Waals surface area contributed by atoms with Crippen LogP contribution in [0.2, 0.25) is 0 Å². The number of benzene rings is 4. The molecule has 0 saturated carbocycles. The van der Waals surface area contributed by atoms with Crippen LogP contribution in [-0.4, -0.2) is 25.7 Å². The molecule has 4 rings (SSSR count). The van der Waals surface area contributed by atoms with Crippen molar-refractivity contribution in [3.8, 4) is 11.5 Å². The van der Waals surface area contributed by atoms with E-state index in [0.717, 1.165) is 40.5 Å². The van der Waals surface area contributed by atoms with E-state index in [1.54, 1.807) is 35.9 Å². The smallest absolute Gasteiger partial charge is 0.326 e. The molecule has 4 aromatic rings. The lowest BCUT2D eigenvalue weighted by molar-refractivity contribution is -0.134. The lowest BCUT2D eigenvalue weighted by atomic mass is 10.1. The number of nitrogens with one attached hydrogen (secondary N) is 1. The van der Waals surface area contributed by atoms with Crippen molar-refractivity contribution >= 4 is 35.1 Å². The second-order valence-corrected chi connectivity index (χ2v) is 10.3. The van der Waals surface area contributed by atoms with Crippen molar-refractivity contribution in [3.63, 3.8) is 0 Å². The van der Waals surface area contributed by atoms with Crippen LogP contribution >= 0.6 is 11.8 Å². The summed E-state index contributed by atoms with van der Waals surface area (Å²) >= 11 is 1.58. The van der Waals surface area contributed by atoms with Gasteiger partial charge in [0.05, 0.1) is 7.11 Å². The molecule has 0 heterocycles. The van der Waals surface area contributed by atoms with Gasteiger partial charge in [0.1, 0.15) is 11.5 Å². The Bertz CT molecular complexity index is 1380. The molecule has 40 heavy (non-hydrogen) atoms. The summed E-state index contributed by atoms with van der Waals surface area (Å²) in [6.07, 6.45) is 2.84. The third kappa shape index (κ3) is 8.64. The van der Waals surface area contributed by atoms with Gasteiger partial charge in [0.2, 0.25) is 0 Å². The van der Waals surface area contributed by atoms with Gasteiger partial charge in [0.15, 0.2) is 0 Å². The van der Waals surface area contributed by atoms with Crippen LogP contribution in [0.4, 0.5) is 16.2 Å². The van der Waals surface area contributed by atoms with Crippen LogP contribution in [0.1, 0.15) is 31.7 Å². The van der Waals surface area contributed by atoms with Gasteiger partial charge in [0.25, 0.3) is 0 Å². The molecule has 206 valence electrons. The molecule has 0 fully saturated rings. The molecule has 4 aromatic carbocycles. The first-order valence-electron chi connectivity index (χ1n) is 13.4. The maximum Gasteiger partial charge on any atom is 0.326 e. The van der Waals surface area contributed by atoms with E-state index < -0.39 is 0 Å². The summed E-state index contributed by atoms with van der Waals surface area (Å²) < 4.78 is 10.6. The first-order valence-corrected chi connectivity index (χ1v) is 14.2. The fraction of sp³-hybridized carbons (Fsp3) is 0.212. The van der Waals surface area contributed by atoms with Gasteiger partial charge in [-0.25, -0.2) is 4.79 Å². The standard InChI is InChI=1S/C33H34N2O4S/c1-3-9-32(36)39-29-19-21-30(22-20-29)40-31-14-7-13-27(24-31)35(23-8-12-25-10-5-4-6-11-25)33(37)34-26-15-17-28(38-2)18-16-26/h4-7,10-11,13-22,24H,3,8-9,12,23H2,1-2H3,(H,34,37). The zero-order valence-corrected chi connectivity index (χ0v) is 23.7. The van der Waals surface area contributed by atoms with Gasteiger partial charge in [-0.15, -0.1) is 0 Å². The number of esters is 1. The number of nitrogens with zero attached hydrogens (tertiary/aromatic N) is 1. The normalized spacial score (nSPS) is 10.6. The molecule has 0 radical (unpaired) electrons. The summed E-state index contributed by atoms with van der Waals surface area (Å²) in [7, 11) is 1.61. The van der Waals surface area contributed by atoms with Gasteiger partial charge in [-0.05, 0) is 91.6 Å². The van der Waals surface area contributed by atoms with E-state index in [2.05, 4.69) is 17.4 Å². The average Bonchev–Trinajstić information content (AvgIpc) is 2.97. The first kappa shape index (κ1) is 28.8. The number of urea groups is 1. The summed E-state index contributed by atoms with van der Waals surface area (Å²) in [5, 5.41) is 3.02. The number of rotatable bonds is 12. The SMILES string of the molecule is CCCC(=O)Oc1ccc(Sc2cccc(N(CCCc3ccccc3)C(=O)Nc3ccc(OC)cc3)c2)cc1. The molecule has 0 atom stereocenters. The summed E-state index contributed by atoms with van der Waals surface area (Å²) in [5.74, 6) is 1.04. The predicted molar refractivity (Wildman–Crippen MR) is 162 cm³/mol. The molecule has 0 bridgehead atoms. The third-order valence-corrected chi connectivity index (χ3v) is 7.15. The molecule has 6 nitrogen and oxygen atoms in total. The summed E-state index contributed by atoms with van der Waals surface area (Å²) in [6, 6.07) is 32.8. The molecular formula is C33H34N2O4S. The number of carbonyl (C=O) groups is 2. The van der Waals surface area contributed by atoms with Crippen LogP contribution in [0.5, 0.6) is 11.5 Å². The Morgan fingerprint density at radius 2 is 1.55 bits per heavy atom. The minimum Gasteiger partial charge on any atom is -0.497 e. The molecule has 1 N–H and O–H groups in total. The maximum absolute atomic E-state index is 13.5. The van der Waals surface area contributed by atoms with E-state index in [1.165, 1.54) is 5.56 Å². The first-order chi connectivity index (χ1) is 19.5. The van der Waals surface area contributed by atoms with Gasteiger partial charge >= 0.3 is 12.0 Å². The molecule has 0 aliphatic heterocycles. The highest BCUT2D eigenvalue weighted by Crippen LogP contribution is 2.32. The van der Waals surface area contributed by atoms with E-state index in [9.17, 15) is 9.59 Å². The van der Waals surface area contributed by atoms with Crippen LogP contribution in [-0.2, 0) is 11.2 Å². The lowest BCUT2D eigenvalue weighted by Gasteiger charge is -2.24. The van der Waals surface area contributed by atoms with Crippen LogP contribution in [0.25, 0.3) is 0 Å². The van der Waals surface area contributed by atoms with Gasteiger partial charge in [-0.2, -0.15) is 0 Å². The Morgan fingerprint density at radius 3 is 2.25 bits per heavy atom. The lowest BCUT2D eigenvalue weighted by Crippen LogP contribution is -2.36. The second-order valence-electron chi connectivity index (χ2n) is 9.19. The van der Waals surface area contributed by atoms with Gasteiger partial charge in [-0.1, -0.05) is 55.1 Å². The Hall–Kier alpha value is -4.23. The zero-order chi connectivity index (χ0) is 28.2. The molecule has 0 spiro atoms. The number of methoxy groups -OCH3 is 1. The highest BCUT2D eigenvalue weighted by molar-refractivity contribution is 7.99. The summed E-state index contributed by atoms with van der Waals surface area (Å²) in [6.45, 7) is 2.51. The van der Waals surface area contributed by atoms with Gasteiger partial charge in [-0.3, -0.25) is 9.69 Å². The molecular weight excluding hydrogens is 520 g/mol. The molecule has 0 aliphatic carbocycles. The van der Waals surface area contributed by atoms with Crippen molar-refractivity contribution in [3.05, 3.63) is 109 Å². The van der Waals surface area contributed by atoms with E-state index in [-0.39, 0.29) is 12.0 Å². The van der Waals surface area contributed by atoms with Crippen LogP contribution in [0.3, 0.4) is 0 Å². The highest BCUT2D eigenvalue weighted by Gasteiger charge is 2.17. The van der Waals surface area contributed by atoms with E-state index in [4.69, 9.17) is 9.47 Å². The van der Waals surface area contributed by atoms with E-state index in [1.807, 2.05) is 85.8 Å². The minimum absolute atomic E-state index is 0.196. The van der Waals surface area contributed by atoms with Crippen molar-refractivity contribution in [2.75, 3.05) is 23.9 Å². The maximum atomic E-state index is 13.5. The average molecular weight is 555 g/mol. The van der Waals surface area contributed by atoms with Crippen molar-refractivity contribution in [1.29, 1.82) is 0 Å². The fourth-order valence-corrected chi connectivity index (χ4v) is 4.98. The number of hydrogen-bond acceptors (Lipinski definition) is 5. The topological polar surface area (TPSA) is 67.9 Å². The quantitative estimate of drug-likeness (QED) is 0.141. The van der Waals surface area contributed by atoms with Crippen molar-refractivity contribution in [2.45, 2.75) is 42.4 Å². The third-order valence-electron chi connectivity index (χ3n) is 6.15. The van der Waals surface area contributed by atoms with E-state index >= 15 is 0 Å². The Balaban J connectivity index is 1.48. The predicted octanol–water partition coefficient (Wildman–Crippen LogP) is 8.22. The summed E-state index contributed by atoms with van der Waals surface area (Å²) in [4.78, 5) is 29.1. The van der Waals surface area contributed by atoms with Gasteiger partial charge in [0, 0.05) is 34.1 Å². The van der Waals surface area contributed by atoms with Gasteiger partial charge < -0.3 is 14.8 Å². The Labute approximate surface area is 240 Å². The van der Waals surface area contributed by atoms with Crippen molar-refractivity contribution < 1.29 is 19.1 Å². The van der Waals surface area contributed by atoms with Crippen molar-refractivity contribution in [2.24, 2.45) is 0 Å². The molecule has 0 unspecified atom stereocenters. The van der Waals surface area contributed by atoms with Crippen molar-refractivity contribution in [1.82, 2.24) is 0 Å². The Morgan fingerprint density at radius 1 is 0.825 bits per heavy atom. The zero-order valence-electron chi connectivity index (χ0n) is 22.8. The number of anilines is 2. The van der Waals surface area contributed by atoms with Crippen LogP contribution in [0.15, 0.2) is 113 Å². The number of ether oxygens (including phenoxy) is 2. The molecule has 2 amide bonds. The number of carbonyl (C=O) groups excluding carboxylic acids is 2. The Kier molecular flexibility index (Phi) is 10.6. The molecule has 0 saturated heterocycles.